The predicted octanol–water partition coefficient (Wildman–Crippen LogP) is 4.16. The van der Waals surface area contributed by atoms with Gasteiger partial charge in [0.1, 0.15) is 5.49 Å². The number of anilines is 1. The molecule has 3 rings (SSSR count). The maximum absolute atomic E-state index is 8.15. The summed E-state index contributed by atoms with van der Waals surface area (Å²) in [6.45, 7) is 4.64. The van der Waals surface area contributed by atoms with Crippen LogP contribution >= 0.6 is 11.5 Å². The van der Waals surface area contributed by atoms with E-state index in [2.05, 4.69) is 36.5 Å². The molecule has 0 spiro atoms. The number of nitrogens with one attached hydrogen (secondary N) is 2. The number of para-hydroxylation sites is 1. The molecular weight excluding hydrogens is 316 g/mol. The summed E-state index contributed by atoms with van der Waals surface area (Å²) in [7, 11) is 0. The second-order valence-electron chi connectivity index (χ2n) is 5.64. The van der Waals surface area contributed by atoms with E-state index in [0.29, 0.717) is 18.0 Å². The molecule has 0 amide bonds. The van der Waals surface area contributed by atoms with E-state index in [0.717, 1.165) is 16.1 Å². The van der Waals surface area contributed by atoms with E-state index in [1.807, 2.05) is 47.3 Å². The van der Waals surface area contributed by atoms with Crippen LogP contribution in [0.1, 0.15) is 16.0 Å². The zero-order valence-electron chi connectivity index (χ0n) is 13.8. The highest BCUT2D eigenvalue weighted by Gasteiger charge is 2.07. The van der Waals surface area contributed by atoms with Crippen LogP contribution in [-0.2, 0) is 6.54 Å². The van der Waals surface area contributed by atoms with Gasteiger partial charge < -0.3 is 5.32 Å². The third-order valence-corrected chi connectivity index (χ3v) is 4.51. The maximum Gasteiger partial charge on any atom is 0.218 e. The van der Waals surface area contributed by atoms with Gasteiger partial charge in [-0.15, -0.1) is 0 Å². The van der Waals surface area contributed by atoms with E-state index in [9.17, 15) is 0 Å². The molecule has 0 fully saturated rings. The first-order valence-corrected chi connectivity index (χ1v) is 8.56. The average molecular weight is 336 g/mol. The van der Waals surface area contributed by atoms with Crippen LogP contribution in [0.4, 0.5) is 5.69 Å². The molecule has 2 N–H and O–H groups in total. The molecule has 0 saturated carbocycles. The van der Waals surface area contributed by atoms with E-state index in [-0.39, 0.29) is 0 Å². The average Bonchev–Trinajstić information content (AvgIpc) is 2.92. The first-order valence-electron chi connectivity index (χ1n) is 7.79. The number of aryl methyl sites for hydroxylation is 2. The minimum atomic E-state index is 0.434. The fraction of sp³-hybridized carbons (Fsp3) is 0.158. The third-order valence-electron chi connectivity index (χ3n) is 3.55. The molecule has 3 aromatic rings. The predicted molar refractivity (Wildman–Crippen MR) is 101 cm³/mol. The van der Waals surface area contributed by atoms with Crippen molar-refractivity contribution < 1.29 is 0 Å². The summed E-state index contributed by atoms with van der Waals surface area (Å²) in [6, 6.07) is 20.1. The first kappa shape index (κ1) is 16.2. The zero-order valence-corrected chi connectivity index (χ0v) is 14.6. The Hall–Kier alpha value is -2.66. The van der Waals surface area contributed by atoms with E-state index in [1.54, 1.807) is 0 Å². The maximum atomic E-state index is 8.15. The minimum Gasteiger partial charge on any atom is -0.325 e. The second kappa shape index (κ2) is 7.27. The Morgan fingerprint density at radius 3 is 2.42 bits per heavy atom. The highest BCUT2D eigenvalue weighted by molar-refractivity contribution is 7.07. The van der Waals surface area contributed by atoms with Crippen LogP contribution in [0.15, 0.2) is 65.7 Å². The standard InChI is InChI=1S/C19H20N4S/c1-14-8-10-16(11-9-14)13-21-19(22-17-6-4-3-5-7-17)23-18(20)12-15(2)24-23/h3-12,20H,13H2,1-2H3,(H,21,22). The molecule has 122 valence electrons. The van der Waals surface area contributed by atoms with E-state index < -0.39 is 0 Å². The third kappa shape index (κ3) is 4.00. The van der Waals surface area contributed by atoms with Crippen molar-refractivity contribution in [2.24, 2.45) is 4.99 Å². The molecule has 0 saturated heterocycles. The van der Waals surface area contributed by atoms with Crippen LogP contribution < -0.4 is 10.8 Å². The van der Waals surface area contributed by atoms with Crippen molar-refractivity contribution >= 4 is 23.2 Å². The van der Waals surface area contributed by atoms with Gasteiger partial charge >= 0.3 is 0 Å². The van der Waals surface area contributed by atoms with Gasteiger partial charge in [-0.05, 0) is 37.6 Å². The van der Waals surface area contributed by atoms with Crippen LogP contribution in [0, 0.1) is 19.3 Å². The second-order valence-corrected chi connectivity index (χ2v) is 6.83. The Kier molecular flexibility index (Phi) is 4.91. The van der Waals surface area contributed by atoms with Gasteiger partial charge in [0, 0.05) is 10.6 Å². The highest BCUT2D eigenvalue weighted by Crippen LogP contribution is 2.10. The molecule has 0 aliphatic rings. The van der Waals surface area contributed by atoms with E-state index >= 15 is 0 Å². The lowest BCUT2D eigenvalue weighted by Gasteiger charge is -2.10. The number of hydrogen-bond donors (Lipinski definition) is 2. The van der Waals surface area contributed by atoms with E-state index in [1.165, 1.54) is 17.1 Å². The van der Waals surface area contributed by atoms with Crippen molar-refractivity contribution in [1.82, 2.24) is 3.96 Å². The van der Waals surface area contributed by atoms with Crippen molar-refractivity contribution in [2.45, 2.75) is 20.4 Å². The highest BCUT2D eigenvalue weighted by atomic mass is 32.1. The summed E-state index contributed by atoms with van der Waals surface area (Å²) in [6.07, 6.45) is 0. The summed E-state index contributed by atoms with van der Waals surface area (Å²) in [5.74, 6) is 0.671. The smallest absolute Gasteiger partial charge is 0.218 e. The Labute approximate surface area is 145 Å². The molecule has 24 heavy (non-hydrogen) atoms. The lowest BCUT2D eigenvalue weighted by molar-refractivity contribution is 1.01. The van der Waals surface area contributed by atoms with Gasteiger partial charge in [-0.2, -0.15) is 0 Å². The van der Waals surface area contributed by atoms with Crippen molar-refractivity contribution in [1.29, 1.82) is 5.41 Å². The number of hydrogen-bond acceptors (Lipinski definition) is 3. The summed E-state index contributed by atoms with van der Waals surface area (Å²) in [5, 5.41) is 11.5. The molecule has 0 aliphatic heterocycles. The summed E-state index contributed by atoms with van der Waals surface area (Å²) in [4.78, 5) is 5.80. The summed E-state index contributed by atoms with van der Waals surface area (Å²) in [5.41, 5.74) is 3.78. The quantitative estimate of drug-likeness (QED) is 0.547. The van der Waals surface area contributed by atoms with Gasteiger partial charge in [0.2, 0.25) is 5.96 Å². The fourth-order valence-electron chi connectivity index (χ4n) is 2.29. The van der Waals surface area contributed by atoms with Crippen LogP contribution in [-0.4, -0.2) is 9.92 Å². The van der Waals surface area contributed by atoms with Crippen LogP contribution in [0.5, 0.6) is 0 Å². The molecular formula is C19H20N4S. The lowest BCUT2D eigenvalue weighted by Crippen LogP contribution is -2.28. The number of nitrogens with zero attached hydrogens (tertiary/aromatic N) is 2. The zero-order chi connectivity index (χ0) is 16.9. The van der Waals surface area contributed by atoms with Crippen LogP contribution in [0.25, 0.3) is 0 Å². The number of aromatic nitrogens is 1. The molecule has 0 radical (unpaired) electrons. The molecule has 0 aliphatic carbocycles. The number of benzene rings is 2. The molecule has 0 bridgehead atoms. The van der Waals surface area contributed by atoms with Gasteiger partial charge in [-0.1, -0.05) is 59.6 Å². The molecule has 2 aromatic carbocycles. The Morgan fingerprint density at radius 1 is 1.08 bits per heavy atom. The summed E-state index contributed by atoms with van der Waals surface area (Å²) >= 11 is 1.52. The lowest BCUT2D eigenvalue weighted by atomic mass is 10.1. The first-order chi connectivity index (χ1) is 11.6. The number of rotatable bonds is 3. The van der Waals surface area contributed by atoms with Gasteiger partial charge in [0.05, 0.1) is 6.54 Å². The van der Waals surface area contributed by atoms with Crippen LogP contribution in [0.3, 0.4) is 0 Å². The normalized spacial score (nSPS) is 11.5. The largest absolute Gasteiger partial charge is 0.325 e. The van der Waals surface area contributed by atoms with Crippen molar-refractivity contribution in [3.8, 4) is 0 Å². The van der Waals surface area contributed by atoms with Gasteiger partial charge in [0.15, 0.2) is 0 Å². The Balaban J connectivity index is 1.92. The monoisotopic (exact) mass is 336 g/mol. The Morgan fingerprint density at radius 2 is 1.79 bits per heavy atom. The Bertz CT molecular complexity index is 889. The van der Waals surface area contributed by atoms with Crippen LogP contribution in [0.2, 0.25) is 0 Å². The van der Waals surface area contributed by atoms with Gasteiger partial charge in [-0.3, -0.25) is 5.41 Å². The number of aliphatic imine (C=N–C) groups is 1. The topological polar surface area (TPSA) is 53.2 Å². The van der Waals surface area contributed by atoms with Crippen molar-refractivity contribution in [2.75, 3.05) is 5.32 Å². The van der Waals surface area contributed by atoms with Gasteiger partial charge in [0.25, 0.3) is 0 Å². The minimum absolute atomic E-state index is 0.434. The van der Waals surface area contributed by atoms with Gasteiger partial charge in [-0.25, -0.2) is 8.95 Å². The molecule has 0 unspecified atom stereocenters. The molecule has 4 nitrogen and oxygen atoms in total. The molecule has 1 heterocycles. The molecule has 5 heteroatoms. The molecule has 0 atom stereocenters. The summed E-state index contributed by atoms with van der Waals surface area (Å²) < 4.78 is 1.82. The van der Waals surface area contributed by atoms with E-state index in [4.69, 9.17) is 10.4 Å². The fourth-order valence-corrected chi connectivity index (χ4v) is 3.09. The van der Waals surface area contributed by atoms with Crippen molar-refractivity contribution in [3.63, 3.8) is 0 Å². The SMILES string of the molecule is Cc1ccc(CN=C(Nc2ccccc2)n2sc(C)cc2=N)cc1. The van der Waals surface area contributed by atoms with Crippen molar-refractivity contribution in [3.05, 3.63) is 82.2 Å². The molecule has 1 aromatic heterocycles.